The fourth-order valence-corrected chi connectivity index (χ4v) is 3.71. The SMILES string of the molecule is C=CC[C@H](C)[C@H](CC1CCOCC1)S(N)(=O)=O. The Hall–Kier alpha value is -0.390. The first kappa shape index (κ1) is 14.7. The first-order valence-corrected chi connectivity index (χ1v) is 7.76. The quantitative estimate of drug-likeness (QED) is 0.739. The second-order valence-electron chi connectivity index (χ2n) is 4.92. The van der Waals surface area contributed by atoms with Gasteiger partial charge in [0.05, 0.1) is 5.25 Å². The maximum Gasteiger partial charge on any atom is 0.212 e. The Morgan fingerprint density at radius 3 is 2.53 bits per heavy atom. The summed E-state index contributed by atoms with van der Waals surface area (Å²) in [4.78, 5) is 0. The number of rotatable bonds is 6. The lowest BCUT2D eigenvalue weighted by Crippen LogP contribution is -2.36. The smallest absolute Gasteiger partial charge is 0.212 e. The molecule has 2 atom stereocenters. The van der Waals surface area contributed by atoms with Crippen LogP contribution in [-0.4, -0.2) is 26.9 Å². The molecule has 0 amide bonds. The zero-order valence-corrected chi connectivity index (χ0v) is 11.3. The fourth-order valence-electron chi connectivity index (χ4n) is 2.42. The normalized spacial score (nSPS) is 22.0. The number of primary sulfonamides is 1. The van der Waals surface area contributed by atoms with Crippen molar-refractivity contribution in [3.05, 3.63) is 12.7 Å². The third kappa shape index (κ3) is 4.77. The Bertz CT molecular complexity index is 334. The van der Waals surface area contributed by atoms with Crippen LogP contribution in [0.15, 0.2) is 12.7 Å². The molecule has 0 saturated carbocycles. The summed E-state index contributed by atoms with van der Waals surface area (Å²) < 4.78 is 28.5. The Kier molecular flexibility index (Phi) is 5.62. The topological polar surface area (TPSA) is 69.4 Å². The van der Waals surface area contributed by atoms with Crippen LogP contribution < -0.4 is 5.14 Å². The molecule has 1 aliphatic rings. The van der Waals surface area contributed by atoms with E-state index in [2.05, 4.69) is 6.58 Å². The van der Waals surface area contributed by atoms with Crippen LogP contribution in [0.5, 0.6) is 0 Å². The molecule has 100 valence electrons. The molecule has 5 heteroatoms. The average molecular weight is 261 g/mol. The molecule has 0 radical (unpaired) electrons. The van der Waals surface area contributed by atoms with E-state index >= 15 is 0 Å². The highest BCUT2D eigenvalue weighted by Gasteiger charge is 2.30. The molecule has 1 heterocycles. The lowest BCUT2D eigenvalue weighted by atomic mass is 9.89. The predicted octanol–water partition coefficient (Wildman–Crippen LogP) is 1.67. The number of hydrogen-bond acceptors (Lipinski definition) is 3. The lowest BCUT2D eigenvalue weighted by molar-refractivity contribution is 0.0624. The number of allylic oxidation sites excluding steroid dienone is 1. The third-order valence-corrected chi connectivity index (χ3v) is 5.00. The van der Waals surface area contributed by atoms with Gasteiger partial charge in [0.1, 0.15) is 0 Å². The summed E-state index contributed by atoms with van der Waals surface area (Å²) in [6.45, 7) is 7.05. The summed E-state index contributed by atoms with van der Waals surface area (Å²) in [6, 6.07) is 0. The molecule has 0 aliphatic carbocycles. The highest BCUT2D eigenvalue weighted by Crippen LogP contribution is 2.27. The molecule has 0 unspecified atom stereocenters. The van der Waals surface area contributed by atoms with E-state index < -0.39 is 15.3 Å². The number of hydrogen-bond donors (Lipinski definition) is 1. The van der Waals surface area contributed by atoms with Crippen LogP contribution in [0, 0.1) is 11.8 Å². The molecular weight excluding hydrogens is 238 g/mol. The van der Waals surface area contributed by atoms with Crippen molar-refractivity contribution >= 4 is 10.0 Å². The molecule has 1 fully saturated rings. The van der Waals surface area contributed by atoms with Crippen molar-refractivity contribution < 1.29 is 13.2 Å². The van der Waals surface area contributed by atoms with Gasteiger partial charge in [-0.2, -0.15) is 0 Å². The standard InChI is InChI=1S/C12H23NO3S/c1-3-4-10(2)12(17(13,14)15)9-11-5-7-16-8-6-11/h3,10-12H,1,4-9H2,2H3,(H2,13,14,15)/t10-,12-/m0/s1. The minimum absolute atomic E-state index is 0.0327. The molecule has 1 rings (SSSR count). The van der Waals surface area contributed by atoms with Gasteiger partial charge in [0.2, 0.25) is 10.0 Å². The molecule has 0 aromatic rings. The maximum atomic E-state index is 11.6. The largest absolute Gasteiger partial charge is 0.381 e. The second kappa shape index (κ2) is 6.52. The Balaban J connectivity index is 2.66. The van der Waals surface area contributed by atoms with Crippen molar-refractivity contribution in [2.75, 3.05) is 13.2 Å². The van der Waals surface area contributed by atoms with Gasteiger partial charge < -0.3 is 4.74 Å². The second-order valence-corrected chi connectivity index (χ2v) is 6.70. The minimum Gasteiger partial charge on any atom is -0.381 e. The molecule has 1 aliphatic heterocycles. The summed E-state index contributed by atoms with van der Waals surface area (Å²) in [5, 5.41) is 4.88. The molecule has 1 saturated heterocycles. The van der Waals surface area contributed by atoms with Crippen LogP contribution in [0.25, 0.3) is 0 Å². The molecule has 2 N–H and O–H groups in total. The van der Waals surface area contributed by atoms with E-state index in [9.17, 15) is 8.42 Å². The minimum atomic E-state index is -3.47. The molecule has 0 aromatic carbocycles. The third-order valence-electron chi connectivity index (χ3n) is 3.50. The van der Waals surface area contributed by atoms with Crippen LogP contribution in [0.4, 0.5) is 0 Å². The van der Waals surface area contributed by atoms with E-state index in [1.165, 1.54) is 0 Å². The van der Waals surface area contributed by atoms with Gasteiger partial charge in [-0.25, -0.2) is 13.6 Å². The molecule has 0 spiro atoms. The van der Waals surface area contributed by atoms with Gasteiger partial charge in [0, 0.05) is 13.2 Å². The van der Waals surface area contributed by atoms with Crippen LogP contribution in [0.3, 0.4) is 0 Å². The van der Waals surface area contributed by atoms with Crippen molar-refractivity contribution in [1.82, 2.24) is 0 Å². The Morgan fingerprint density at radius 2 is 2.06 bits per heavy atom. The van der Waals surface area contributed by atoms with Gasteiger partial charge in [-0.3, -0.25) is 0 Å². The summed E-state index contributed by atoms with van der Waals surface area (Å²) in [5.41, 5.74) is 0. The van der Waals surface area contributed by atoms with Crippen molar-refractivity contribution in [3.8, 4) is 0 Å². The summed E-state index contributed by atoms with van der Waals surface area (Å²) in [7, 11) is -3.47. The van der Waals surface area contributed by atoms with Crippen LogP contribution in [-0.2, 0) is 14.8 Å². The fraction of sp³-hybridized carbons (Fsp3) is 0.833. The molecule has 0 bridgehead atoms. The lowest BCUT2D eigenvalue weighted by Gasteiger charge is -2.28. The van der Waals surface area contributed by atoms with E-state index in [-0.39, 0.29) is 5.92 Å². The zero-order chi connectivity index (χ0) is 12.9. The van der Waals surface area contributed by atoms with Gasteiger partial charge >= 0.3 is 0 Å². The molecule has 4 nitrogen and oxygen atoms in total. The number of nitrogens with two attached hydrogens (primary N) is 1. The van der Waals surface area contributed by atoms with Crippen LogP contribution in [0.2, 0.25) is 0 Å². The van der Waals surface area contributed by atoms with Gasteiger partial charge in [-0.15, -0.1) is 6.58 Å². The first-order valence-electron chi connectivity index (χ1n) is 6.15. The van der Waals surface area contributed by atoms with E-state index in [4.69, 9.17) is 9.88 Å². The summed E-state index contributed by atoms with van der Waals surface area (Å²) in [6.07, 6.45) is 4.97. The molecule has 0 aromatic heterocycles. The van der Waals surface area contributed by atoms with E-state index in [0.29, 0.717) is 18.8 Å². The predicted molar refractivity (Wildman–Crippen MR) is 69.0 cm³/mol. The highest BCUT2D eigenvalue weighted by molar-refractivity contribution is 7.89. The maximum absolute atomic E-state index is 11.6. The van der Waals surface area contributed by atoms with Gasteiger partial charge in [0.25, 0.3) is 0 Å². The summed E-state index contributed by atoms with van der Waals surface area (Å²) >= 11 is 0. The van der Waals surface area contributed by atoms with E-state index in [1.54, 1.807) is 6.08 Å². The van der Waals surface area contributed by atoms with Crippen LogP contribution in [0.1, 0.15) is 32.6 Å². The highest BCUT2D eigenvalue weighted by atomic mass is 32.2. The van der Waals surface area contributed by atoms with Crippen molar-refractivity contribution in [2.45, 2.75) is 37.9 Å². The van der Waals surface area contributed by atoms with E-state index in [1.807, 2.05) is 6.92 Å². The number of ether oxygens (including phenoxy) is 1. The van der Waals surface area contributed by atoms with Crippen LogP contribution >= 0.6 is 0 Å². The van der Waals surface area contributed by atoms with E-state index in [0.717, 1.165) is 26.1 Å². The Morgan fingerprint density at radius 1 is 1.47 bits per heavy atom. The van der Waals surface area contributed by atoms with Crippen molar-refractivity contribution in [3.63, 3.8) is 0 Å². The van der Waals surface area contributed by atoms with Crippen molar-refractivity contribution in [2.24, 2.45) is 17.0 Å². The molecular formula is C12H23NO3S. The van der Waals surface area contributed by atoms with Crippen molar-refractivity contribution in [1.29, 1.82) is 0 Å². The summed E-state index contributed by atoms with van der Waals surface area (Å²) in [5.74, 6) is 0.449. The van der Waals surface area contributed by atoms with Gasteiger partial charge in [-0.05, 0) is 37.5 Å². The first-order chi connectivity index (χ1) is 7.95. The monoisotopic (exact) mass is 261 g/mol. The Labute approximate surface area is 104 Å². The molecule has 17 heavy (non-hydrogen) atoms. The average Bonchev–Trinajstić information content (AvgIpc) is 2.26. The zero-order valence-electron chi connectivity index (χ0n) is 10.5. The number of sulfonamides is 1. The van der Waals surface area contributed by atoms with Gasteiger partial charge in [0.15, 0.2) is 0 Å². The van der Waals surface area contributed by atoms with Gasteiger partial charge in [-0.1, -0.05) is 13.0 Å².